The lowest BCUT2D eigenvalue weighted by Gasteiger charge is -2.27. The molecular formula is C35H59NO5. The van der Waals surface area contributed by atoms with E-state index in [1.807, 2.05) is 30.3 Å². The van der Waals surface area contributed by atoms with Gasteiger partial charge in [-0.3, -0.25) is 9.59 Å². The molecule has 1 aromatic rings. The fraction of sp³-hybridized carbons (Fsp3) is 0.743. The van der Waals surface area contributed by atoms with Crippen molar-refractivity contribution in [2.75, 3.05) is 6.61 Å². The molecule has 6 heteroatoms. The third-order valence-corrected chi connectivity index (χ3v) is 7.54. The van der Waals surface area contributed by atoms with Crippen LogP contribution in [0.1, 0.15) is 161 Å². The molecule has 2 atom stereocenters. The molecule has 0 unspecified atom stereocenters. The van der Waals surface area contributed by atoms with Crippen LogP contribution in [0.4, 0.5) is 0 Å². The number of amides is 1. The highest BCUT2D eigenvalue weighted by Crippen LogP contribution is 2.24. The number of unbranched alkanes of at least 4 members (excludes halogenated alkanes) is 16. The Balaban J connectivity index is 2.63. The summed E-state index contributed by atoms with van der Waals surface area (Å²) in [6.45, 7) is 6.36. The zero-order valence-corrected chi connectivity index (χ0v) is 26.4. The van der Waals surface area contributed by atoms with Crippen LogP contribution in [-0.4, -0.2) is 30.5 Å². The highest BCUT2D eigenvalue weighted by molar-refractivity contribution is 5.85. The Morgan fingerprint density at radius 3 is 1.59 bits per heavy atom. The molecule has 0 radical (unpaired) electrons. The van der Waals surface area contributed by atoms with Crippen molar-refractivity contribution >= 4 is 17.8 Å². The second-order valence-corrected chi connectivity index (χ2v) is 11.3. The summed E-state index contributed by atoms with van der Waals surface area (Å²) in [6.07, 6.45) is 20.6. The quantitative estimate of drug-likeness (QED) is 0.0882. The molecule has 1 N–H and O–H groups in total. The van der Waals surface area contributed by atoms with Crippen molar-refractivity contribution in [3.05, 3.63) is 35.9 Å². The molecule has 0 aliphatic carbocycles. The molecule has 0 heterocycles. The van der Waals surface area contributed by atoms with Gasteiger partial charge in [0.1, 0.15) is 0 Å². The van der Waals surface area contributed by atoms with Crippen molar-refractivity contribution in [2.24, 2.45) is 0 Å². The zero-order chi connectivity index (χ0) is 30.0. The van der Waals surface area contributed by atoms with Crippen LogP contribution in [0.15, 0.2) is 30.3 Å². The van der Waals surface area contributed by atoms with Gasteiger partial charge in [-0.2, -0.15) is 0 Å². The Hall–Kier alpha value is -2.37. The number of carbonyl (C=O) groups excluding carboxylic acids is 3. The normalized spacial score (nSPS) is 12.5. The molecule has 0 fully saturated rings. The Bertz CT molecular complexity index is 797. The predicted molar refractivity (Wildman–Crippen MR) is 168 cm³/mol. The van der Waals surface area contributed by atoms with Crippen LogP contribution in [0, 0.1) is 0 Å². The number of hydrogen-bond donors (Lipinski definition) is 1. The molecule has 41 heavy (non-hydrogen) atoms. The third-order valence-electron chi connectivity index (χ3n) is 7.54. The number of nitrogens with one attached hydrogen (secondary N) is 1. The summed E-state index contributed by atoms with van der Waals surface area (Å²) < 4.78 is 11.2. The number of carbonyl (C=O) groups is 3. The minimum Gasteiger partial charge on any atom is -0.464 e. The van der Waals surface area contributed by atoms with Gasteiger partial charge in [-0.25, -0.2) is 4.79 Å². The molecule has 6 nitrogen and oxygen atoms in total. The van der Waals surface area contributed by atoms with Crippen LogP contribution >= 0.6 is 0 Å². The van der Waals surface area contributed by atoms with E-state index < -0.39 is 18.1 Å². The van der Waals surface area contributed by atoms with E-state index in [1.165, 1.54) is 77.0 Å². The summed E-state index contributed by atoms with van der Waals surface area (Å²) in [4.78, 5) is 38.8. The third kappa shape index (κ3) is 18.6. The van der Waals surface area contributed by atoms with Gasteiger partial charge in [0.05, 0.1) is 6.61 Å². The number of rotatable bonds is 26. The van der Waals surface area contributed by atoms with Crippen LogP contribution in [0.25, 0.3) is 0 Å². The average Bonchev–Trinajstić information content (AvgIpc) is 2.97. The molecule has 0 aromatic heterocycles. The number of ether oxygens (including phenoxy) is 2. The first-order chi connectivity index (χ1) is 20.0. The number of benzene rings is 1. The molecule has 0 bridgehead atoms. The largest absolute Gasteiger partial charge is 0.464 e. The maximum Gasteiger partial charge on any atom is 0.332 e. The van der Waals surface area contributed by atoms with Gasteiger partial charge in [0.15, 0.2) is 12.1 Å². The van der Waals surface area contributed by atoms with Crippen LogP contribution in [0.2, 0.25) is 0 Å². The summed E-state index contributed by atoms with van der Waals surface area (Å²) in [7, 11) is 0. The first kappa shape index (κ1) is 36.7. The van der Waals surface area contributed by atoms with Crippen molar-refractivity contribution in [1.82, 2.24) is 5.32 Å². The van der Waals surface area contributed by atoms with E-state index in [2.05, 4.69) is 19.2 Å². The predicted octanol–water partition coefficient (Wildman–Crippen LogP) is 9.16. The van der Waals surface area contributed by atoms with E-state index >= 15 is 0 Å². The van der Waals surface area contributed by atoms with Crippen LogP contribution in [0.3, 0.4) is 0 Å². The molecule has 234 valence electrons. The van der Waals surface area contributed by atoms with Crippen molar-refractivity contribution in [3.63, 3.8) is 0 Å². The molecule has 1 aromatic carbocycles. The van der Waals surface area contributed by atoms with Crippen LogP contribution in [0.5, 0.6) is 0 Å². The van der Waals surface area contributed by atoms with E-state index in [9.17, 15) is 14.4 Å². The van der Waals surface area contributed by atoms with Gasteiger partial charge in [0, 0.05) is 12.8 Å². The van der Waals surface area contributed by atoms with Crippen molar-refractivity contribution < 1.29 is 23.9 Å². The smallest absolute Gasteiger partial charge is 0.332 e. The van der Waals surface area contributed by atoms with Gasteiger partial charge in [0.2, 0.25) is 5.91 Å². The van der Waals surface area contributed by atoms with E-state index in [0.29, 0.717) is 18.4 Å². The lowest BCUT2D eigenvalue weighted by Crippen LogP contribution is -2.47. The second kappa shape index (κ2) is 25.3. The SMILES string of the molecule is CCCCCCCCCCCC(=O)N[C@@H](C(=O)OCC)[C@H](OC(=O)CCCCCCCCCCC)c1ccccc1. The molecular weight excluding hydrogens is 514 g/mol. The summed E-state index contributed by atoms with van der Waals surface area (Å²) >= 11 is 0. The van der Waals surface area contributed by atoms with Gasteiger partial charge in [0.25, 0.3) is 0 Å². The highest BCUT2D eigenvalue weighted by atomic mass is 16.6. The van der Waals surface area contributed by atoms with Crippen molar-refractivity contribution in [1.29, 1.82) is 0 Å². The Morgan fingerprint density at radius 1 is 0.634 bits per heavy atom. The fourth-order valence-corrected chi connectivity index (χ4v) is 5.08. The van der Waals surface area contributed by atoms with Gasteiger partial charge in [-0.15, -0.1) is 0 Å². The standard InChI is InChI=1S/C35H59NO5/c1-4-7-9-11-13-15-17-19-24-28-31(37)36-33(35(39)40-6-3)34(30-26-22-21-23-27-30)41-32(38)29-25-20-18-16-14-12-10-8-5-2/h21-23,26-27,33-34H,4-20,24-25,28-29H2,1-3H3,(H,36,37)/t33-,34-/m1/s1. The molecule has 0 spiro atoms. The summed E-state index contributed by atoms with van der Waals surface area (Å²) in [5.74, 6) is -1.16. The van der Waals surface area contributed by atoms with E-state index in [4.69, 9.17) is 9.47 Å². The molecule has 0 saturated carbocycles. The van der Waals surface area contributed by atoms with Gasteiger partial charge < -0.3 is 14.8 Å². The lowest BCUT2D eigenvalue weighted by molar-refractivity contribution is -0.160. The Labute approximate surface area is 250 Å². The summed E-state index contributed by atoms with van der Waals surface area (Å²) in [5.41, 5.74) is 0.661. The van der Waals surface area contributed by atoms with E-state index in [0.717, 1.165) is 38.5 Å². The minimum absolute atomic E-state index is 0.178. The lowest BCUT2D eigenvalue weighted by atomic mass is 10.0. The van der Waals surface area contributed by atoms with Gasteiger partial charge in [-0.1, -0.05) is 147 Å². The maximum absolute atomic E-state index is 13.0. The number of esters is 2. The second-order valence-electron chi connectivity index (χ2n) is 11.3. The maximum atomic E-state index is 13.0. The molecule has 1 rings (SSSR count). The van der Waals surface area contributed by atoms with Crippen molar-refractivity contribution in [2.45, 2.75) is 161 Å². The Morgan fingerprint density at radius 2 is 1.10 bits per heavy atom. The molecule has 0 saturated heterocycles. The minimum atomic E-state index is -1.09. The van der Waals surface area contributed by atoms with Crippen molar-refractivity contribution in [3.8, 4) is 0 Å². The first-order valence-electron chi connectivity index (χ1n) is 16.7. The number of hydrogen-bond acceptors (Lipinski definition) is 5. The first-order valence-corrected chi connectivity index (χ1v) is 16.7. The van der Waals surface area contributed by atoms with Crippen LogP contribution in [-0.2, 0) is 23.9 Å². The summed E-state index contributed by atoms with van der Waals surface area (Å²) in [5, 5.41) is 2.84. The molecule has 1 amide bonds. The summed E-state index contributed by atoms with van der Waals surface area (Å²) in [6, 6.07) is 8.08. The Kier molecular flexibility index (Phi) is 22.7. The average molecular weight is 574 g/mol. The monoisotopic (exact) mass is 573 g/mol. The van der Waals surface area contributed by atoms with Gasteiger partial charge >= 0.3 is 11.9 Å². The highest BCUT2D eigenvalue weighted by Gasteiger charge is 2.35. The van der Waals surface area contributed by atoms with E-state index in [1.54, 1.807) is 6.92 Å². The fourth-order valence-electron chi connectivity index (χ4n) is 5.08. The molecule has 0 aliphatic heterocycles. The zero-order valence-electron chi connectivity index (χ0n) is 26.4. The van der Waals surface area contributed by atoms with E-state index in [-0.39, 0.29) is 18.5 Å². The van der Waals surface area contributed by atoms with Gasteiger partial charge in [-0.05, 0) is 25.3 Å². The topological polar surface area (TPSA) is 81.7 Å². The van der Waals surface area contributed by atoms with Crippen LogP contribution < -0.4 is 5.32 Å². The molecule has 0 aliphatic rings.